The SMILES string of the molecule is Cc1cc(C)cc(NC(=O)C2CCCN(S(=O)(=O)Cc3ccc(F)cc3)C2)c1. The molecule has 7 heteroatoms. The number of carbonyl (C=O) groups excluding carboxylic acids is 1. The molecule has 1 atom stereocenters. The first kappa shape index (κ1) is 20.5. The quantitative estimate of drug-likeness (QED) is 0.828. The molecule has 28 heavy (non-hydrogen) atoms. The average molecular weight is 405 g/mol. The van der Waals surface area contributed by atoms with Gasteiger partial charge in [0.2, 0.25) is 15.9 Å². The summed E-state index contributed by atoms with van der Waals surface area (Å²) in [4.78, 5) is 12.7. The number of hydrogen-bond acceptors (Lipinski definition) is 3. The fourth-order valence-corrected chi connectivity index (χ4v) is 5.19. The first-order valence-electron chi connectivity index (χ1n) is 9.34. The smallest absolute Gasteiger partial charge is 0.228 e. The molecule has 2 aromatic carbocycles. The molecule has 1 unspecified atom stereocenters. The van der Waals surface area contributed by atoms with Crippen molar-refractivity contribution in [2.75, 3.05) is 18.4 Å². The lowest BCUT2D eigenvalue weighted by Gasteiger charge is -2.31. The van der Waals surface area contributed by atoms with Gasteiger partial charge in [-0.1, -0.05) is 18.2 Å². The minimum Gasteiger partial charge on any atom is -0.326 e. The van der Waals surface area contributed by atoms with E-state index in [1.54, 1.807) is 0 Å². The van der Waals surface area contributed by atoms with E-state index in [4.69, 9.17) is 0 Å². The Hall–Kier alpha value is -2.25. The first-order chi connectivity index (χ1) is 13.2. The van der Waals surface area contributed by atoms with Crippen molar-refractivity contribution in [3.05, 3.63) is 65.0 Å². The topological polar surface area (TPSA) is 66.5 Å². The predicted molar refractivity (Wildman–Crippen MR) is 108 cm³/mol. The summed E-state index contributed by atoms with van der Waals surface area (Å²) in [6.07, 6.45) is 1.28. The van der Waals surface area contributed by atoms with Crippen molar-refractivity contribution in [2.45, 2.75) is 32.4 Å². The molecular weight excluding hydrogens is 379 g/mol. The second kappa shape index (κ2) is 8.41. The first-order valence-corrected chi connectivity index (χ1v) is 11.0. The summed E-state index contributed by atoms with van der Waals surface area (Å²) < 4.78 is 39.9. The Morgan fingerprint density at radius 2 is 1.79 bits per heavy atom. The maximum Gasteiger partial charge on any atom is 0.228 e. The van der Waals surface area contributed by atoms with Crippen LogP contribution in [0.4, 0.5) is 10.1 Å². The molecule has 1 aliphatic rings. The second-order valence-electron chi connectivity index (χ2n) is 7.45. The Morgan fingerprint density at radius 3 is 2.43 bits per heavy atom. The number of piperidine rings is 1. The van der Waals surface area contributed by atoms with Gasteiger partial charge in [-0.15, -0.1) is 0 Å². The van der Waals surface area contributed by atoms with Crippen LogP contribution >= 0.6 is 0 Å². The zero-order valence-electron chi connectivity index (χ0n) is 16.1. The van der Waals surface area contributed by atoms with Gasteiger partial charge in [0.15, 0.2) is 0 Å². The van der Waals surface area contributed by atoms with Crippen LogP contribution < -0.4 is 5.32 Å². The molecule has 1 fully saturated rings. The molecule has 1 heterocycles. The predicted octanol–water partition coefficient (Wildman–Crippen LogP) is 3.62. The van der Waals surface area contributed by atoms with Crippen molar-refractivity contribution in [1.29, 1.82) is 0 Å². The van der Waals surface area contributed by atoms with Gasteiger partial charge in [-0.3, -0.25) is 4.79 Å². The Labute approximate surface area is 165 Å². The highest BCUT2D eigenvalue weighted by molar-refractivity contribution is 7.88. The van der Waals surface area contributed by atoms with Crippen LogP contribution in [0.3, 0.4) is 0 Å². The van der Waals surface area contributed by atoms with E-state index >= 15 is 0 Å². The van der Waals surface area contributed by atoms with Crippen LogP contribution in [-0.4, -0.2) is 31.7 Å². The number of nitrogens with one attached hydrogen (secondary N) is 1. The van der Waals surface area contributed by atoms with E-state index in [2.05, 4.69) is 5.32 Å². The minimum absolute atomic E-state index is 0.160. The number of carbonyl (C=O) groups is 1. The summed E-state index contributed by atoms with van der Waals surface area (Å²) >= 11 is 0. The third kappa shape index (κ3) is 5.17. The van der Waals surface area contributed by atoms with Crippen molar-refractivity contribution < 1.29 is 17.6 Å². The van der Waals surface area contributed by atoms with Gasteiger partial charge in [0.1, 0.15) is 5.82 Å². The Morgan fingerprint density at radius 1 is 1.14 bits per heavy atom. The lowest BCUT2D eigenvalue weighted by atomic mass is 9.98. The van der Waals surface area contributed by atoms with Crippen LogP contribution in [0.1, 0.15) is 29.5 Å². The van der Waals surface area contributed by atoms with E-state index in [1.807, 2.05) is 32.0 Å². The number of hydrogen-bond donors (Lipinski definition) is 1. The lowest BCUT2D eigenvalue weighted by Crippen LogP contribution is -2.44. The average Bonchev–Trinajstić information content (AvgIpc) is 2.63. The summed E-state index contributed by atoms with van der Waals surface area (Å²) in [5.74, 6) is -1.15. The van der Waals surface area contributed by atoms with Crippen LogP contribution in [0.5, 0.6) is 0 Å². The minimum atomic E-state index is -3.57. The van der Waals surface area contributed by atoms with Gasteiger partial charge in [0.25, 0.3) is 0 Å². The van der Waals surface area contributed by atoms with Crippen molar-refractivity contribution in [3.8, 4) is 0 Å². The Bertz CT molecular complexity index is 938. The fourth-order valence-electron chi connectivity index (χ4n) is 3.58. The molecule has 0 bridgehead atoms. The van der Waals surface area contributed by atoms with Gasteiger partial charge in [-0.25, -0.2) is 17.1 Å². The Balaban J connectivity index is 1.67. The number of halogens is 1. The molecule has 1 N–H and O–H groups in total. The Kier molecular flexibility index (Phi) is 6.15. The lowest BCUT2D eigenvalue weighted by molar-refractivity contribution is -0.120. The molecule has 0 spiro atoms. The van der Waals surface area contributed by atoms with Crippen molar-refractivity contribution in [2.24, 2.45) is 5.92 Å². The maximum absolute atomic E-state index is 13.0. The van der Waals surface area contributed by atoms with Gasteiger partial charge in [-0.2, -0.15) is 0 Å². The van der Waals surface area contributed by atoms with Crippen LogP contribution in [0.25, 0.3) is 0 Å². The van der Waals surface area contributed by atoms with Gasteiger partial charge in [0.05, 0.1) is 11.7 Å². The van der Waals surface area contributed by atoms with Crippen LogP contribution in [0.2, 0.25) is 0 Å². The number of amides is 1. The number of nitrogens with zero attached hydrogens (tertiary/aromatic N) is 1. The van der Waals surface area contributed by atoms with E-state index < -0.39 is 21.8 Å². The number of aryl methyl sites for hydroxylation is 2. The van der Waals surface area contributed by atoms with E-state index in [0.717, 1.165) is 16.8 Å². The summed E-state index contributed by atoms with van der Waals surface area (Å²) in [5.41, 5.74) is 3.38. The molecule has 1 amide bonds. The molecular formula is C21H25FN2O3S. The molecule has 5 nitrogen and oxygen atoms in total. The molecule has 0 radical (unpaired) electrons. The molecule has 1 saturated heterocycles. The molecule has 3 rings (SSSR count). The van der Waals surface area contributed by atoms with Crippen LogP contribution in [0, 0.1) is 25.6 Å². The number of anilines is 1. The summed E-state index contributed by atoms with van der Waals surface area (Å²) in [5, 5.41) is 2.92. The fraction of sp³-hybridized carbons (Fsp3) is 0.381. The standard InChI is InChI=1S/C21H25FN2O3S/c1-15-10-16(2)12-20(11-15)23-21(25)18-4-3-9-24(13-18)28(26,27)14-17-5-7-19(22)8-6-17/h5-8,10-12,18H,3-4,9,13-14H2,1-2H3,(H,23,25). The zero-order chi connectivity index (χ0) is 20.3. The highest BCUT2D eigenvalue weighted by Gasteiger charge is 2.32. The third-order valence-electron chi connectivity index (χ3n) is 4.90. The van der Waals surface area contributed by atoms with Gasteiger partial charge in [0, 0.05) is 18.8 Å². The second-order valence-corrected chi connectivity index (χ2v) is 9.41. The normalized spacial score (nSPS) is 18.0. The molecule has 0 aliphatic carbocycles. The molecule has 0 saturated carbocycles. The van der Waals surface area contributed by atoms with Crippen molar-refractivity contribution in [3.63, 3.8) is 0 Å². The van der Waals surface area contributed by atoms with Gasteiger partial charge in [-0.05, 0) is 67.6 Å². The van der Waals surface area contributed by atoms with E-state index in [1.165, 1.54) is 28.6 Å². The van der Waals surface area contributed by atoms with E-state index in [0.29, 0.717) is 24.9 Å². The highest BCUT2D eigenvalue weighted by atomic mass is 32.2. The number of rotatable bonds is 5. The summed E-state index contributed by atoms with van der Waals surface area (Å²) in [7, 11) is -3.57. The van der Waals surface area contributed by atoms with Gasteiger partial charge < -0.3 is 5.32 Å². The maximum atomic E-state index is 13.0. The van der Waals surface area contributed by atoms with Gasteiger partial charge >= 0.3 is 0 Å². The summed E-state index contributed by atoms with van der Waals surface area (Å²) in [6.45, 7) is 4.50. The van der Waals surface area contributed by atoms with E-state index in [9.17, 15) is 17.6 Å². The largest absolute Gasteiger partial charge is 0.326 e. The molecule has 2 aromatic rings. The number of benzene rings is 2. The zero-order valence-corrected chi connectivity index (χ0v) is 16.9. The number of sulfonamides is 1. The van der Waals surface area contributed by atoms with Crippen molar-refractivity contribution >= 4 is 21.6 Å². The molecule has 1 aliphatic heterocycles. The van der Waals surface area contributed by atoms with Crippen LogP contribution in [-0.2, 0) is 20.6 Å². The molecule has 150 valence electrons. The summed E-state index contributed by atoms with van der Waals surface area (Å²) in [6, 6.07) is 11.3. The van der Waals surface area contributed by atoms with Crippen molar-refractivity contribution in [1.82, 2.24) is 4.31 Å². The van der Waals surface area contributed by atoms with Crippen LogP contribution in [0.15, 0.2) is 42.5 Å². The molecule has 0 aromatic heterocycles. The van der Waals surface area contributed by atoms with E-state index in [-0.39, 0.29) is 18.2 Å². The monoisotopic (exact) mass is 404 g/mol. The third-order valence-corrected chi connectivity index (χ3v) is 6.72. The highest BCUT2D eigenvalue weighted by Crippen LogP contribution is 2.23.